The summed E-state index contributed by atoms with van der Waals surface area (Å²) in [7, 11) is 0. The molecule has 8 heteroatoms. The molecular formula is C23H27N5O3. The van der Waals surface area contributed by atoms with Crippen LogP contribution in [-0.2, 0) is 9.53 Å². The Morgan fingerprint density at radius 2 is 1.84 bits per heavy atom. The number of carbonyl (C=O) groups is 2. The number of ether oxygens (including phenoxy) is 1. The molecule has 1 fully saturated rings. The van der Waals surface area contributed by atoms with Crippen LogP contribution in [0.4, 0.5) is 10.6 Å². The van der Waals surface area contributed by atoms with Crippen molar-refractivity contribution in [3.05, 3.63) is 71.6 Å². The van der Waals surface area contributed by atoms with E-state index < -0.39 is 12.0 Å². The van der Waals surface area contributed by atoms with Crippen LogP contribution in [0.15, 0.2) is 66.0 Å². The summed E-state index contributed by atoms with van der Waals surface area (Å²) in [6, 6.07) is 14.5. The van der Waals surface area contributed by atoms with E-state index >= 15 is 0 Å². The molecule has 2 aliphatic rings. The smallest absolute Gasteiger partial charge is 0.338 e. The summed E-state index contributed by atoms with van der Waals surface area (Å²) in [5, 5.41) is 5.73. The second-order valence-corrected chi connectivity index (χ2v) is 7.51. The van der Waals surface area contributed by atoms with Gasteiger partial charge in [-0.15, -0.1) is 0 Å². The standard InChI is InChI=1S/C23H27N5O3/c1-2-31-22(29)20-18(25-23(30)26-21(20)17-8-4-3-5-9-17)16-27-12-14-28(15-13-27)19-10-6-7-11-24-19/h3-11,21H,2,12-16H2,1H3,(H2,25,26,30)/t21-/m0/s1. The van der Waals surface area contributed by atoms with Gasteiger partial charge in [-0.2, -0.15) is 0 Å². The molecule has 2 aromatic rings. The maximum Gasteiger partial charge on any atom is 0.338 e. The first-order chi connectivity index (χ1) is 15.2. The Labute approximate surface area is 181 Å². The summed E-state index contributed by atoms with van der Waals surface area (Å²) in [6.45, 7) is 5.78. The highest BCUT2D eigenvalue weighted by atomic mass is 16.5. The molecule has 2 N–H and O–H groups in total. The molecule has 1 aromatic heterocycles. The zero-order valence-corrected chi connectivity index (χ0v) is 17.6. The molecule has 162 valence electrons. The topological polar surface area (TPSA) is 86.8 Å². The second kappa shape index (κ2) is 9.61. The predicted octanol–water partition coefficient (Wildman–Crippen LogP) is 2.07. The summed E-state index contributed by atoms with van der Waals surface area (Å²) < 4.78 is 5.34. The molecule has 1 saturated heterocycles. The number of aromatic nitrogens is 1. The average Bonchev–Trinajstić information content (AvgIpc) is 2.80. The van der Waals surface area contributed by atoms with E-state index in [2.05, 4.69) is 25.4 Å². The van der Waals surface area contributed by atoms with Crippen molar-refractivity contribution in [3.63, 3.8) is 0 Å². The van der Waals surface area contributed by atoms with E-state index in [1.807, 2.05) is 48.5 Å². The van der Waals surface area contributed by atoms with Crippen LogP contribution in [-0.4, -0.2) is 61.2 Å². The van der Waals surface area contributed by atoms with Crippen LogP contribution in [0.25, 0.3) is 0 Å². The Hall–Kier alpha value is -3.39. The summed E-state index contributed by atoms with van der Waals surface area (Å²) in [5.41, 5.74) is 1.90. The zero-order valence-electron chi connectivity index (χ0n) is 17.6. The maximum atomic E-state index is 12.9. The van der Waals surface area contributed by atoms with Crippen molar-refractivity contribution >= 4 is 17.8 Å². The highest BCUT2D eigenvalue weighted by molar-refractivity contribution is 5.95. The van der Waals surface area contributed by atoms with Crippen molar-refractivity contribution in [2.24, 2.45) is 0 Å². The van der Waals surface area contributed by atoms with Crippen molar-refractivity contribution in [2.45, 2.75) is 13.0 Å². The SMILES string of the molecule is CCOC(=O)C1=C(CN2CCN(c3ccccn3)CC2)NC(=O)N[C@H]1c1ccccc1. The van der Waals surface area contributed by atoms with E-state index in [-0.39, 0.29) is 12.6 Å². The number of hydrogen-bond donors (Lipinski definition) is 2. The van der Waals surface area contributed by atoms with Crippen molar-refractivity contribution < 1.29 is 14.3 Å². The Bertz CT molecular complexity index is 940. The first kappa shape index (κ1) is 20.9. The second-order valence-electron chi connectivity index (χ2n) is 7.51. The molecule has 0 aliphatic carbocycles. The van der Waals surface area contributed by atoms with E-state index in [0.29, 0.717) is 17.8 Å². The number of urea groups is 1. The number of esters is 1. The number of anilines is 1. The van der Waals surface area contributed by atoms with E-state index in [4.69, 9.17) is 4.74 Å². The van der Waals surface area contributed by atoms with Crippen molar-refractivity contribution in [1.82, 2.24) is 20.5 Å². The number of nitrogens with one attached hydrogen (secondary N) is 2. The number of piperazine rings is 1. The van der Waals surface area contributed by atoms with E-state index in [0.717, 1.165) is 37.6 Å². The van der Waals surface area contributed by atoms with Crippen LogP contribution >= 0.6 is 0 Å². The van der Waals surface area contributed by atoms with Gasteiger partial charge in [0.25, 0.3) is 0 Å². The Kier molecular flexibility index (Phi) is 6.47. The van der Waals surface area contributed by atoms with Crippen LogP contribution < -0.4 is 15.5 Å². The zero-order chi connectivity index (χ0) is 21.6. The molecular weight excluding hydrogens is 394 g/mol. The largest absolute Gasteiger partial charge is 0.463 e. The Balaban J connectivity index is 1.55. The van der Waals surface area contributed by atoms with Gasteiger partial charge in [0.15, 0.2) is 0 Å². The van der Waals surface area contributed by atoms with Gasteiger partial charge >= 0.3 is 12.0 Å². The van der Waals surface area contributed by atoms with E-state index in [9.17, 15) is 9.59 Å². The molecule has 4 rings (SSSR count). The van der Waals surface area contributed by atoms with Crippen LogP contribution in [0.2, 0.25) is 0 Å². The van der Waals surface area contributed by atoms with Gasteiger partial charge in [0.2, 0.25) is 0 Å². The van der Waals surface area contributed by atoms with Crippen LogP contribution in [0.1, 0.15) is 18.5 Å². The Morgan fingerprint density at radius 3 is 2.52 bits per heavy atom. The lowest BCUT2D eigenvalue weighted by Crippen LogP contribution is -2.52. The van der Waals surface area contributed by atoms with Gasteiger partial charge in [-0.25, -0.2) is 14.6 Å². The minimum Gasteiger partial charge on any atom is -0.463 e. The molecule has 0 saturated carbocycles. The monoisotopic (exact) mass is 421 g/mol. The highest BCUT2D eigenvalue weighted by Gasteiger charge is 2.34. The maximum absolute atomic E-state index is 12.9. The lowest BCUT2D eigenvalue weighted by Gasteiger charge is -2.37. The van der Waals surface area contributed by atoms with Crippen molar-refractivity contribution in [1.29, 1.82) is 0 Å². The van der Waals surface area contributed by atoms with Gasteiger partial charge in [0.1, 0.15) is 5.82 Å². The summed E-state index contributed by atoms with van der Waals surface area (Å²) >= 11 is 0. The van der Waals surface area contributed by atoms with E-state index in [1.165, 1.54) is 0 Å². The first-order valence-corrected chi connectivity index (χ1v) is 10.6. The molecule has 3 heterocycles. The fourth-order valence-corrected chi connectivity index (χ4v) is 3.99. The molecule has 0 unspecified atom stereocenters. The summed E-state index contributed by atoms with van der Waals surface area (Å²) in [5.74, 6) is 0.555. The molecule has 1 atom stereocenters. The Morgan fingerprint density at radius 1 is 1.10 bits per heavy atom. The molecule has 8 nitrogen and oxygen atoms in total. The third-order valence-corrected chi connectivity index (χ3v) is 5.51. The molecule has 0 spiro atoms. The molecule has 0 radical (unpaired) electrons. The van der Waals surface area contributed by atoms with Crippen LogP contribution in [0, 0.1) is 0 Å². The van der Waals surface area contributed by atoms with E-state index in [1.54, 1.807) is 13.1 Å². The number of amides is 2. The fraction of sp³-hybridized carbons (Fsp3) is 0.348. The molecule has 0 bridgehead atoms. The van der Waals surface area contributed by atoms with Gasteiger partial charge in [-0.05, 0) is 24.6 Å². The van der Waals surface area contributed by atoms with Crippen LogP contribution in [0.3, 0.4) is 0 Å². The number of pyridine rings is 1. The summed E-state index contributed by atoms with van der Waals surface area (Å²) in [4.78, 5) is 34.2. The van der Waals surface area contributed by atoms with Crippen molar-refractivity contribution in [2.75, 3.05) is 44.2 Å². The highest BCUT2D eigenvalue weighted by Crippen LogP contribution is 2.28. The van der Waals surface area contributed by atoms with Gasteiger partial charge in [-0.1, -0.05) is 36.4 Å². The quantitative estimate of drug-likeness (QED) is 0.695. The minimum atomic E-state index is -0.543. The lowest BCUT2D eigenvalue weighted by atomic mass is 9.95. The number of benzene rings is 1. The third kappa shape index (κ3) is 4.86. The predicted molar refractivity (Wildman–Crippen MR) is 117 cm³/mol. The summed E-state index contributed by atoms with van der Waals surface area (Å²) in [6.07, 6.45) is 1.80. The van der Waals surface area contributed by atoms with Gasteiger partial charge in [-0.3, -0.25) is 4.90 Å². The first-order valence-electron chi connectivity index (χ1n) is 10.6. The van der Waals surface area contributed by atoms with Gasteiger partial charge < -0.3 is 20.3 Å². The number of hydrogen-bond acceptors (Lipinski definition) is 6. The average molecular weight is 422 g/mol. The molecule has 1 aromatic carbocycles. The molecule has 2 amide bonds. The van der Waals surface area contributed by atoms with Crippen LogP contribution in [0.5, 0.6) is 0 Å². The fourth-order valence-electron chi connectivity index (χ4n) is 3.99. The third-order valence-electron chi connectivity index (χ3n) is 5.51. The number of nitrogens with zero attached hydrogens (tertiary/aromatic N) is 3. The van der Waals surface area contributed by atoms with Gasteiger partial charge in [0, 0.05) is 44.6 Å². The molecule has 2 aliphatic heterocycles. The van der Waals surface area contributed by atoms with Crippen molar-refractivity contribution in [3.8, 4) is 0 Å². The van der Waals surface area contributed by atoms with Gasteiger partial charge in [0.05, 0.1) is 18.2 Å². The lowest BCUT2D eigenvalue weighted by molar-refractivity contribution is -0.139. The normalized spacial score (nSPS) is 19.6. The molecule has 31 heavy (non-hydrogen) atoms. The number of carbonyl (C=O) groups excluding carboxylic acids is 2. The number of rotatable bonds is 6. The minimum absolute atomic E-state index is 0.272.